The number of anilines is 3. The Bertz CT molecular complexity index is 1210. The topological polar surface area (TPSA) is 97.2 Å². The maximum Gasteiger partial charge on any atom is 0.295 e. The summed E-state index contributed by atoms with van der Waals surface area (Å²) in [5.74, 6) is -0.376. The molecule has 3 aromatic rings. The van der Waals surface area contributed by atoms with E-state index in [1.54, 1.807) is 25.6 Å². The summed E-state index contributed by atoms with van der Waals surface area (Å²) in [7, 11) is 1.78. The number of nitrogens with zero attached hydrogens (tertiary/aromatic N) is 2. The molecule has 174 valence electrons. The molecule has 1 unspecified atom stereocenters. The molecule has 0 aliphatic heterocycles. The van der Waals surface area contributed by atoms with E-state index in [2.05, 4.69) is 16.0 Å². The molecule has 3 rings (SSSR count). The Morgan fingerprint density at radius 2 is 1.64 bits per heavy atom. The van der Waals surface area contributed by atoms with E-state index in [-0.39, 0.29) is 23.1 Å². The van der Waals surface area contributed by atoms with Gasteiger partial charge in [0.1, 0.15) is 11.7 Å². The predicted molar refractivity (Wildman–Crippen MR) is 132 cm³/mol. The third-order valence-electron chi connectivity index (χ3n) is 5.65. The molecule has 1 aromatic heterocycles. The molecular formula is C25H31N5O3. The minimum Gasteiger partial charge on any atom is -0.374 e. The maximum atomic E-state index is 13.0. The van der Waals surface area contributed by atoms with Crippen molar-refractivity contribution in [2.24, 2.45) is 7.05 Å². The molecule has 0 bridgehead atoms. The molecule has 8 heteroatoms. The van der Waals surface area contributed by atoms with E-state index in [0.717, 1.165) is 23.4 Å². The van der Waals surface area contributed by atoms with Crippen molar-refractivity contribution in [3.63, 3.8) is 0 Å². The number of para-hydroxylation sites is 1. The van der Waals surface area contributed by atoms with Crippen LogP contribution in [-0.4, -0.2) is 27.2 Å². The number of hydrogen-bond acceptors (Lipinski definition) is 4. The summed E-state index contributed by atoms with van der Waals surface area (Å²) in [6.07, 6.45) is 1.22. The first-order chi connectivity index (χ1) is 15.7. The van der Waals surface area contributed by atoms with Crippen molar-refractivity contribution in [1.29, 1.82) is 0 Å². The molecule has 33 heavy (non-hydrogen) atoms. The lowest BCUT2D eigenvalue weighted by atomic mass is 10.1. The molecule has 2 aromatic carbocycles. The van der Waals surface area contributed by atoms with Crippen LogP contribution in [0, 0.1) is 13.8 Å². The van der Waals surface area contributed by atoms with Gasteiger partial charge in [0.05, 0.1) is 11.4 Å². The van der Waals surface area contributed by atoms with E-state index < -0.39 is 6.04 Å². The number of hydrogen-bond donors (Lipinski definition) is 3. The fraction of sp³-hybridized carbons (Fsp3) is 0.320. The van der Waals surface area contributed by atoms with Gasteiger partial charge in [0.15, 0.2) is 0 Å². The van der Waals surface area contributed by atoms with Crippen LogP contribution in [0.15, 0.2) is 53.3 Å². The Morgan fingerprint density at radius 1 is 0.970 bits per heavy atom. The molecule has 0 fully saturated rings. The van der Waals surface area contributed by atoms with Crippen molar-refractivity contribution in [3.05, 3.63) is 70.1 Å². The Balaban J connectivity index is 1.78. The highest BCUT2D eigenvalue weighted by Crippen LogP contribution is 2.24. The highest BCUT2D eigenvalue weighted by Gasteiger charge is 2.21. The van der Waals surface area contributed by atoms with Crippen molar-refractivity contribution >= 4 is 28.9 Å². The van der Waals surface area contributed by atoms with Crippen LogP contribution in [0.25, 0.3) is 5.69 Å². The third-order valence-corrected chi connectivity index (χ3v) is 5.65. The summed E-state index contributed by atoms with van der Waals surface area (Å²) in [5.41, 5.74) is 3.60. The van der Waals surface area contributed by atoms with Crippen LogP contribution in [0.1, 0.15) is 37.9 Å². The molecule has 2 amide bonds. The van der Waals surface area contributed by atoms with E-state index in [4.69, 9.17) is 0 Å². The van der Waals surface area contributed by atoms with Gasteiger partial charge in [-0.05, 0) is 57.0 Å². The summed E-state index contributed by atoms with van der Waals surface area (Å²) in [4.78, 5) is 38.0. The molecule has 1 atom stereocenters. The molecule has 0 aliphatic carbocycles. The highest BCUT2D eigenvalue weighted by molar-refractivity contribution is 5.97. The number of carbonyl (C=O) groups excluding carboxylic acids is 2. The largest absolute Gasteiger partial charge is 0.374 e. The first kappa shape index (κ1) is 23.8. The standard InChI is InChI=1S/C25H31N5O3/c1-6-11-22(31)27-21-15-10-14-20(16(21)2)26-17(3)24(32)28-23-18(4)29(5)30(25(23)33)19-12-8-7-9-13-19/h7-10,12-15,17,26H,6,11H2,1-5H3,(H,27,31)(H,28,32). The smallest absolute Gasteiger partial charge is 0.295 e. The fourth-order valence-corrected chi connectivity index (χ4v) is 3.61. The average Bonchev–Trinajstić information content (AvgIpc) is 3.00. The van der Waals surface area contributed by atoms with Crippen LogP contribution in [0.3, 0.4) is 0 Å². The van der Waals surface area contributed by atoms with Gasteiger partial charge in [-0.3, -0.25) is 19.1 Å². The van der Waals surface area contributed by atoms with Gasteiger partial charge >= 0.3 is 0 Å². The van der Waals surface area contributed by atoms with Crippen molar-refractivity contribution < 1.29 is 9.59 Å². The van der Waals surface area contributed by atoms with Crippen molar-refractivity contribution in [2.45, 2.75) is 46.6 Å². The minimum atomic E-state index is -0.616. The lowest BCUT2D eigenvalue weighted by Crippen LogP contribution is -2.34. The van der Waals surface area contributed by atoms with Gasteiger partial charge in [-0.1, -0.05) is 31.2 Å². The van der Waals surface area contributed by atoms with Gasteiger partial charge in [0.25, 0.3) is 5.56 Å². The van der Waals surface area contributed by atoms with E-state index in [0.29, 0.717) is 17.8 Å². The molecule has 3 N–H and O–H groups in total. The summed E-state index contributed by atoms with van der Waals surface area (Å²) >= 11 is 0. The third kappa shape index (κ3) is 5.16. The summed E-state index contributed by atoms with van der Waals surface area (Å²) in [5, 5.41) is 8.88. The van der Waals surface area contributed by atoms with Crippen LogP contribution in [-0.2, 0) is 16.6 Å². The molecule has 0 saturated carbocycles. The monoisotopic (exact) mass is 449 g/mol. The number of rotatable bonds is 8. The van der Waals surface area contributed by atoms with Crippen LogP contribution in [0.4, 0.5) is 17.1 Å². The minimum absolute atomic E-state index is 0.0437. The van der Waals surface area contributed by atoms with Gasteiger partial charge in [-0.15, -0.1) is 0 Å². The second-order valence-corrected chi connectivity index (χ2v) is 8.07. The molecule has 1 heterocycles. The number of benzene rings is 2. The average molecular weight is 450 g/mol. The van der Waals surface area contributed by atoms with E-state index in [9.17, 15) is 14.4 Å². The van der Waals surface area contributed by atoms with Crippen LogP contribution in [0.2, 0.25) is 0 Å². The van der Waals surface area contributed by atoms with Crippen molar-refractivity contribution in [3.8, 4) is 5.69 Å². The highest BCUT2D eigenvalue weighted by atomic mass is 16.2. The first-order valence-corrected chi connectivity index (χ1v) is 11.1. The predicted octanol–water partition coefficient (Wildman–Crippen LogP) is 3.97. The van der Waals surface area contributed by atoms with Gasteiger partial charge in [0.2, 0.25) is 11.8 Å². The number of amides is 2. The number of aromatic nitrogens is 2. The zero-order chi connectivity index (χ0) is 24.1. The zero-order valence-corrected chi connectivity index (χ0v) is 19.7. The lowest BCUT2D eigenvalue weighted by molar-refractivity contribution is -0.117. The summed E-state index contributed by atoms with van der Waals surface area (Å²) in [6, 6.07) is 14.2. The first-order valence-electron chi connectivity index (χ1n) is 11.1. The molecule has 0 aliphatic rings. The lowest BCUT2D eigenvalue weighted by Gasteiger charge is -2.18. The Kier molecular flexibility index (Phi) is 7.37. The zero-order valence-electron chi connectivity index (χ0n) is 19.7. The van der Waals surface area contributed by atoms with Crippen molar-refractivity contribution in [1.82, 2.24) is 9.36 Å². The second-order valence-electron chi connectivity index (χ2n) is 8.07. The van der Waals surface area contributed by atoms with Crippen LogP contribution in [0.5, 0.6) is 0 Å². The summed E-state index contributed by atoms with van der Waals surface area (Å²) < 4.78 is 3.24. The van der Waals surface area contributed by atoms with Gasteiger partial charge < -0.3 is 16.0 Å². The van der Waals surface area contributed by atoms with Crippen LogP contribution >= 0.6 is 0 Å². The quantitative estimate of drug-likeness (QED) is 0.485. The number of carbonyl (C=O) groups is 2. The Labute approximate surface area is 193 Å². The maximum absolute atomic E-state index is 13.0. The van der Waals surface area contributed by atoms with Gasteiger partial charge in [0, 0.05) is 24.8 Å². The van der Waals surface area contributed by atoms with Gasteiger partial charge in [-0.2, -0.15) is 0 Å². The molecule has 0 saturated heterocycles. The normalized spacial score (nSPS) is 11.7. The van der Waals surface area contributed by atoms with E-state index in [1.807, 2.05) is 62.4 Å². The molecule has 0 spiro atoms. The number of nitrogens with one attached hydrogen (secondary N) is 3. The fourth-order valence-electron chi connectivity index (χ4n) is 3.61. The van der Waals surface area contributed by atoms with Crippen molar-refractivity contribution in [2.75, 3.05) is 16.0 Å². The van der Waals surface area contributed by atoms with Gasteiger partial charge in [-0.25, -0.2) is 4.68 Å². The summed E-state index contributed by atoms with van der Waals surface area (Å²) in [6.45, 7) is 7.36. The second kappa shape index (κ2) is 10.2. The van der Waals surface area contributed by atoms with E-state index in [1.165, 1.54) is 4.68 Å². The molecule has 8 nitrogen and oxygen atoms in total. The van der Waals surface area contributed by atoms with E-state index >= 15 is 0 Å². The molecule has 0 radical (unpaired) electrons. The Hall–Kier alpha value is -3.81. The SMILES string of the molecule is CCCC(=O)Nc1cccc(NC(C)C(=O)Nc2c(C)n(C)n(-c3ccccc3)c2=O)c1C. The Morgan fingerprint density at radius 3 is 2.30 bits per heavy atom. The molecular weight excluding hydrogens is 418 g/mol. The van der Waals surface area contributed by atoms with Crippen LogP contribution < -0.4 is 21.5 Å².